The first kappa shape index (κ1) is 17.4. The van der Waals surface area contributed by atoms with Crippen molar-refractivity contribution in [3.63, 3.8) is 0 Å². The van der Waals surface area contributed by atoms with Gasteiger partial charge in [0.05, 0.1) is 13.2 Å². The molecule has 2 rings (SSSR count). The van der Waals surface area contributed by atoms with E-state index in [4.69, 9.17) is 15.2 Å². The summed E-state index contributed by atoms with van der Waals surface area (Å²) in [7, 11) is 0. The van der Waals surface area contributed by atoms with Crippen molar-refractivity contribution in [3.8, 4) is 11.5 Å². The molecule has 0 fully saturated rings. The van der Waals surface area contributed by atoms with Crippen LogP contribution in [0.1, 0.15) is 26.7 Å². The molecule has 0 aromatic heterocycles. The Kier molecular flexibility index (Phi) is 7.00. The zero-order valence-electron chi connectivity index (χ0n) is 14.2. The Morgan fingerprint density at radius 3 is 2.70 bits per heavy atom. The van der Waals surface area contributed by atoms with Gasteiger partial charge in [0, 0.05) is 24.7 Å². The highest BCUT2D eigenvalue weighted by molar-refractivity contribution is 5.92. The molecule has 6 nitrogen and oxygen atoms in total. The van der Waals surface area contributed by atoms with Crippen LogP contribution >= 0.6 is 0 Å². The van der Waals surface area contributed by atoms with Crippen molar-refractivity contribution >= 4 is 11.6 Å². The summed E-state index contributed by atoms with van der Waals surface area (Å²) >= 11 is 0. The van der Waals surface area contributed by atoms with E-state index in [1.807, 2.05) is 18.2 Å². The molecule has 0 spiro atoms. The molecule has 0 saturated heterocycles. The summed E-state index contributed by atoms with van der Waals surface area (Å²) in [5.74, 6) is 1.96. The van der Waals surface area contributed by atoms with E-state index in [-0.39, 0.29) is 0 Å². The number of benzene rings is 1. The molecule has 0 saturated carbocycles. The zero-order valence-corrected chi connectivity index (χ0v) is 14.2. The lowest BCUT2D eigenvalue weighted by atomic mass is 10.3. The van der Waals surface area contributed by atoms with Gasteiger partial charge in [-0.05, 0) is 38.2 Å². The molecule has 3 N–H and O–H groups in total. The molecule has 23 heavy (non-hydrogen) atoms. The van der Waals surface area contributed by atoms with Gasteiger partial charge >= 0.3 is 0 Å². The van der Waals surface area contributed by atoms with E-state index >= 15 is 0 Å². The fourth-order valence-electron chi connectivity index (χ4n) is 2.46. The summed E-state index contributed by atoms with van der Waals surface area (Å²) in [5.41, 5.74) is 6.81. The van der Waals surface area contributed by atoms with Gasteiger partial charge < -0.3 is 25.4 Å². The fourth-order valence-corrected chi connectivity index (χ4v) is 2.46. The zero-order chi connectivity index (χ0) is 16.5. The molecule has 1 heterocycles. The van der Waals surface area contributed by atoms with Crippen LogP contribution in [0.25, 0.3) is 0 Å². The highest BCUT2D eigenvalue weighted by Crippen LogP contribution is 2.32. The number of rotatable bonds is 7. The van der Waals surface area contributed by atoms with Gasteiger partial charge in [0.15, 0.2) is 17.5 Å². The molecule has 128 valence electrons. The largest absolute Gasteiger partial charge is 0.490 e. The Labute approximate surface area is 138 Å². The highest BCUT2D eigenvalue weighted by atomic mass is 16.5. The summed E-state index contributed by atoms with van der Waals surface area (Å²) in [5, 5.41) is 3.11. The maximum Gasteiger partial charge on any atom is 0.193 e. The monoisotopic (exact) mass is 320 g/mol. The topological polar surface area (TPSA) is 72.1 Å². The minimum absolute atomic E-state index is 0.430. The Hall–Kier alpha value is -1.95. The summed E-state index contributed by atoms with van der Waals surface area (Å²) in [6.07, 6.45) is 1.90. The Balaban J connectivity index is 1.83. The number of nitrogens with one attached hydrogen (secondary N) is 1. The fraction of sp³-hybridized carbons (Fsp3) is 0.588. The van der Waals surface area contributed by atoms with E-state index in [0.29, 0.717) is 19.2 Å². The van der Waals surface area contributed by atoms with Gasteiger partial charge in [0.2, 0.25) is 0 Å². The van der Waals surface area contributed by atoms with E-state index < -0.39 is 0 Å². The van der Waals surface area contributed by atoms with Crippen LogP contribution in [0.2, 0.25) is 0 Å². The van der Waals surface area contributed by atoms with E-state index in [1.54, 1.807) is 0 Å². The van der Waals surface area contributed by atoms with E-state index in [2.05, 4.69) is 29.1 Å². The predicted molar refractivity (Wildman–Crippen MR) is 94.6 cm³/mol. The third-order valence-electron chi connectivity index (χ3n) is 3.83. The van der Waals surface area contributed by atoms with Crippen LogP contribution in [0.15, 0.2) is 23.2 Å². The number of hydrogen-bond donors (Lipinski definition) is 2. The van der Waals surface area contributed by atoms with Crippen LogP contribution in [-0.2, 0) is 0 Å². The van der Waals surface area contributed by atoms with Crippen LogP contribution in [0, 0.1) is 0 Å². The summed E-state index contributed by atoms with van der Waals surface area (Å²) in [4.78, 5) is 6.75. The van der Waals surface area contributed by atoms with E-state index in [1.165, 1.54) is 0 Å². The smallest absolute Gasteiger partial charge is 0.193 e. The lowest BCUT2D eigenvalue weighted by Crippen LogP contribution is -2.26. The van der Waals surface area contributed by atoms with Gasteiger partial charge in [-0.3, -0.25) is 4.99 Å². The standard InChI is InChI=1S/C17H28N4O2/c1-3-21(4-2)10-5-9-19-17(18)20-14-7-8-15-16(13-14)23-12-6-11-22-15/h7-8,13H,3-6,9-12H2,1-2H3,(H3,18,19,20). The predicted octanol–water partition coefficient (Wildman–Crippen LogP) is 2.31. The third-order valence-corrected chi connectivity index (χ3v) is 3.83. The lowest BCUT2D eigenvalue weighted by molar-refractivity contribution is 0.297. The molecular formula is C17H28N4O2. The van der Waals surface area contributed by atoms with Gasteiger partial charge in [0.25, 0.3) is 0 Å². The Morgan fingerprint density at radius 2 is 1.96 bits per heavy atom. The van der Waals surface area contributed by atoms with E-state index in [9.17, 15) is 0 Å². The van der Waals surface area contributed by atoms with Crippen LogP contribution in [-0.4, -0.2) is 50.3 Å². The quantitative estimate of drug-likeness (QED) is 0.458. The molecule has 6 heteroatoms. The molecule has 1 aliphatic heterocycles. The van der Waals surface area contributed by atoms with Gasteiger partial charge in [-0.1, -0.05) is 13.8 Å². The maximum atomic E-state index is 5.95. The second kappa shape index (κ2) is 9.25. The van der Waals surface area contributed by atoms with Crippen LogP contribution in [0.5, 0.6) is 11.5 Å². The first-order valence-electron chi connectivity index (χ1n) is 8.42. The van der Waals surface area contributed by atoms with Crippen molar-refractivity contribution in [3.05, 3.63) is 18.2 Å². The number of aliphatic imine (C=N–C) groups is 1. The van der Waals surface area contributed by atoms with Crippen molar-refractivity contribution in [1.29, 1.82) is 0 Å². The molecule has 0 radical (unpaired) electrons. The van der Waals surface area contributed by atoms with Gasteiger partial charge in [0.1, 0.15) is 0 Å². The number of hydrogen-bond acceptors (Lipinski definition) is 4. The van der Waals surface area contributed by atoms with Crippen molar-refractivity contribution < 1.29 is 9.47 Å². The number of anilines is 1. The van der Waals surface area contributed by atoms with Crippen LogP contribution < -0.4 is 20.5 Å². The molecular weight excluding hydrogens is 292 g/mol. The molecule has 1 aliphatic rings. The highest BCUT2D eigenvalue weighted by Gasteiger charge is 2.10. The normalized spacial score (nSPS) is 14.7. The minimum Gasteiger partial charge on any atom is -0.490 e. The molecule has 1 aromatic carbocycles. The molecule has 0 amide bonds. The van der Waals surface area contributed by atoms with Crippen molar-refractivity contribution in [2.75, 3.05) is 44.7 Å². The number of ether oxygens (including phenoxy) is 2. The SMILES string of the molecule is CCN(CC)CCCN=C(N)Nc1ccc2c(c1)OCCCO2. The molecule has 0 unspecified atom stereocenters. The van der Waals surface area contributed by atoms with Gasteiger partial charge in [-0.2, -0.15) is 0 Å². The Bertz CT molecular complexity index is 515. The average molecular weight is 320 g/mol. The number of guanidine groups is 1. The molecule has 0 bridgehead atoms. The summed E-state index contributed by atoms with van der Waals surface area (Å²) < 4.78 is 11.3. The average Bonchev–Trinajstić information content (AvgIpc) is 2.80. The first-order chi connectivity index (χ1) is 11.2. The number of nitrogens with zero attached hydrogens (tertiary/aromatic N) is 2. The first-order valence-corrected chi connectivity index (χ1v) is 8.42. The van der Waals surface area contributed by atoms with Crippen LogP contribution in [0.4, 0.5) is 5.69 Å². The molecule has 0 aliphatic carbocycles. The second-order valence-corrected chi connectivity index (χ2v) is 5.48. The lowest BCUT2D eigenvalue weighted by Gasteiger charge is -2.16. The Morgan fingerprint density at radius 1 is 1.22 bits per heavy atom. The number of fused-ring (bicyclic) bond motifs is 1. The van der Waals surface area contributed by atoms with Crippen molar-refractivity contribution in [2.24, 2.45) is 10.7 Å². The van der Waals surface area contributed by atoms with Crippen molar-refractivity contribution in [2.45, 2.75) is 26.7 Å². The van der Waals surface area contributed by atoms with E-state index in [0.717, 1.165) is 56.2 Å². The summed E-state index contributed by atoms with van der Waals surface area (Å²) in [6, 6.07) is 5.72. The van der Waals surface area contributed by atoms with Crippen molar-refractivity contribution in [1.82, 2.24) is 4.90 Å². The van der Waals surface area contributed by atoms with Crippen LogP contribution in [0.3, 0.4) is 0 Å². The summed E-state index contributed by atoms with van der Waals surface area (Å²) in [6.45, 7) is 9.63. The van der Waals surface area contributed by atoms with Gasteiger partial charge in [-0.15, -0.1) is 0 Å². The number of nitrogens with two attached hydrogens (primary N) is 1. The second-order valence-electron chi connectivity index (χ2n) is 5.48. The molecule has 0 atom stereocenters. The molecule has 1 aromatic rings. The minimum atomic E-state index is 0.430. The van der Waals surface area contributed by atoms with Gasteiger partial charge in [-0.25, -0.2) is 0 Å². The third kappa shape index (κ3) is 5.63. The maximum absolute atomic E-state index is 5.95.